The summed E-state index contributed by atoms with van der Waals surface area (Å²) < 4.78 is 0. The van der Waals surface area contributed by atoms with Crippen molar-refractivity contribution in [1.29, 1.82) is 0 Å². The van der Waals surface area contributed by atoms with Crippen LogP contribution in [0.3, 0.4) is 0 Å². The maximum absolute atomic E-state index is 10.9. The summed E-state index contributed by atoms with van der Waals surface area (Å²) in [5, 5.41) is 20.6. The Kier molecular flexibility index (Phi) is 6.93. The third-order valence-corrected chi connectivity index (χ3v) is 3.35. The molecule has 106 valence electrons. The first-order valence-corrected chi connectivity index (χ1v) is 7.12. The van der Waals surface area contributed by atoms with E-state index in [0.29, 0.717) is 12.0 Å². The fourth-order valence-electron chi connectivity index (χ4n) is 2.25. The molecule has 0 heterocycles. The van der Waals surface area contributed by atoms with E-state index in [1.807, 2.05) is 0 Å². The molecular weight excluding hydrogens is 242 g/mol. The first-order chi connectivity index (χ1) is 9.16. The number of phenolic OH excluding ortho intramolecular Hbond substituents is 1. The molecule has 0 aliphatic rings. The molecule has 0 amide bonds. The molecule has 0 fully saturated rings. The van der Waals surface area contributed by atoms with E-state index in [4.69, 9.17) is 0 Å². The van der Waals surface area contributed by atoms with Gasteiger partial charge >= 0.3 is 0 Å². The van der Waals surface area contributed by atoms with Crippen molar-refractivity contribution in [3.8, 4) is 5.75 Å². The number of benzene rings is 1. The van der Waals surface area contributed by atoms with Gasteiger partial charge in [-0.05, 0) is 18.9 Å². The van der Waals surface area contributed by atoms with Crippen LogP contribution in [0, 0.1) is 10.1 Å². The van der Waals surface area contributed by atoms with Crippen molar-refractivity contribution < 1.29 is 10.0 Å². The number of hydrogen-bond donors (Lipinski definition) is 1. The minimum absolute atomic E-state index is 0.0333. The molecule has 0 saturated heterocycles. The van der Waals surface area contributed by atoms with E-state index in [2.05, 4.69) is 6.92 Å². The molecule has 0 unspecified atom stereocenters. The van der Waals surface area contributed by atoms with Gasteiger partial charge in [0.05, 0.1) is 10.5 Å². The number of nitrogens with zero attached hydrogens (tertiary/aromatic N) is 1. The molecule has 0 saturated carbocycles. The van der Waals surface area contributed by atoms with Crippen molar-refractivity contribution in [2.45, 2.75) is 58.3 Å². The van der Waals surface area contributed by atoms with Gasteiger partial charge < -0.3 is 5.11 Å². The minimum atomic E-state index is -0.420. The highest BCUT2D eigenvalue weighted by Gasteiger charge is 2.16. The van der Waals surface area contributed by atoms with Crippen LogP contribution in [0.5, 0.6) is 5.75 Å². The summed E-state index contributed by atoms with van der Waals surface area (Å²) in [4.78, 5) is 10.5. The number of phenols is 1. The summed E-state index contributed by atoms with van der Waals surface area (Å²) in [7, 11) is 0. The zero-order valence-corrected chi connectivity index (χ0v) is 11.6. The monoisotopic (exact) mass is 265 g/mol. The molecule has 0 radical (unpaired) electrons. The number of rotatable bonds is 9. The van der Waals surface area contributed by atoms with Gasteiger partial charge in [-0.15, -0.1) is 0 Å². The Labute approximate surface area is 114 Å². The van der Waals surface area contributed by atoms with Crippen molar-refractivity contribution in [3.63, 3.8) is 0 Å². The van der Waals surface area contributed by atoms with Gasteiger partial charge in [-0.25, -0.2) is 0 Å². The topological polar surface area (TPSA) is 63.4 Å². The predicted molar refractivity (Wildman–Crippen MR) is 76.5 cm³/mol. The molecular formula is C15H23NO3. The zero-order chi connectivity index (χ0) is 14.1. The Bertz CT molecular complexity index is 404. The van der Waals surface area contributed by atoms with E-state index >= 15 is 0 Å². The van der Waals surface area contributed by atoms with Crippen molar-refractivity contribution in [2.75, 3.05) is 0 Å². The fourth-order valence-corrected chi connectivity index (χ4v) is 2.25. The lowest BCUT2D eigenvalue weighted by Crippen LogP contribution is -1.96. The second-order valence-corrected chi connectivity index (χ2v) is 4.90. The third kappa shape index (κ3) is 5.28. The standard InChI is InChI=1S/C15H23NO3/c1-2-3-4-5-6-7-8-10-13-14(16(18)19)11-9-12-15(13)17/h9,11-12,17H,2-8,10H2,1H3. The fraction of sp³-hybridized carbons (Fsp3) is 0.600. The smallest absolute Gasteiger partial charge is 0.276 e. The van der Waals surface area contributed by atoms with E-state index in [0.717, 1.165) is 12.8 Å². The zero-order valence-electron chi connectivity index (χ0n) is 11.6. The van der Waals surface area contributed by atoms with Crippen LogP contribution in [0.4, 0.5) is 5.69 Å². The molecule has 1 aromatic rings. The quantitative estimate of drug-likeness (QED) is 0.403. The van der Waals surface area contributed by atoms with Gasteiger partial charge in [0.1, 0.15) is 5.75 Å². The van der Waals surface area contributed by atoms with Gasteiger partial charge in [0, 0.05) is 6.07 Å². The van der Waals surface area contributed by atoms with Crippen LogP contribution in [0.1, 0.15) is 57.4 Å². The molecule has 1 rings (SSSR count). The molecule has 19 heavy (non-hydrogen) atoms. The Morgan fingerprint density at radius 2 is 1.74 bits per heavy atom. The summed E-state index contributed by atoms with van der Waals surface area (Å²) in [6.45, 7) is 2.19. The third-order valence-electron chi connectivity index (χ3n) is 3.35. The lowest BCUT2D eigenvalue weighted by atomic mass is 10.0. The molecule has 0 atom stereocenters. The summed E-state index contributed by atoms with van der Waals surface area (Å²) in [5.74, 6) is 0.0418. The van der Waals surface area contributed by atoms with Crippen LogP contribution in [-0.2, 0) is 6.42 Å². The van der Waals surface area contributed by atoms with Crippen LogP contribution >= 0.6 is 0 Å². The number of hydrogen-bond acceptors (Lipinski definition) is 3. The molecule has 0 aliphatic carbocycles. The number of aromatic hydroxyl groups is 1. The van der Waals surface area contributed by atoms with Gasteiger partial charge in [0.25, 0.3) is 5.69 Å². The SMILES string of the molecule is CCCCCCCCCc1c(O)cccc1[N+](=O)[O-]. The molecule has 0 aliphatic heterocycles. The molecule has 0 bridgehead atoms. The van der Waals surface area contributed by atoms with Gasteiger partial charge in [-0.1, -0.05) is 51.5 Å². The molecule has 1 aromatic carbocycles. The lowest BCUT2D eigenvalue weighted by molar-refractivity contribution is -0.385. The molecule has 4 nitrogen and oxygen atoms in total. The Morgan fingerprint density at radius 3 is 2.37 bits per heavy atom. The maximum Gasteiger partial charge on any atom is 0.276 e. The van der Waals surface area contributed by atoms with Crippen molar-refractivity contribution in [1.82, 2.24) is 0 Å². The van der Waals surface area contributed by atoms with Gasteiger partial charge in [-0.3, -0.25) is 10.1 Å². The largest absolute Gasteiger partial charge is 0.507 e. The number of nitro benzene ring substituents is 1. The maximum atomic E-state index is 10.9. The Morgan fingerprint density at radius 1 is 1.11 bits per heavy atom. The highest BCUT2D eigenvalue weighted by molar-refractivity contribution is 5.48. The van der Waals surface area contributed by atoms with Gasteiger partial charge in [0.15, 0.2) is 0 Å². The first-order valence-electron chi connectivity index (χ1n) is 7.12. The van der Waals surface area contributed by atoms with E-state index in [1.165, 1.54) is 50.3 Å². The average Bonchev–Trinajstić information content (AvgIpc) is 2.39. The van der Waals surface area contributed by atoms with Crippen LogP contribution in [0.25, 0.3) is 0 Å². The second kappa shape index (κ2) is 8.51. The molecule has 0 spiro atoms. The second-order valence-electron chi connectivity index (χ2n) is 4.90. The normalized spacial score (nSPS) is 10.6. The van der Waals surface area contributed by atoms with Crippen LogP contribution in [-0.4, -0.2) is 10.0 Å². The van der Waals surface area contributed by atoms with Crippen molar-refractivity contribution >= 4 is 5.69 Å². The number of nitro groups is 1. The van der Waals surface area contributed by atoms with Gasteiger partial charge in [-0.2, -0.15) is 0 Å². The van der Waals surface area contributed by atoms with Crippen LogP contribution in [0.2, 0.25) is 0 Å². The Hall–Kier alpha value is -1.58. The van der Waals surface area contributed by atoms with E-state index in [-0.39, 0.29) is 11.4 Å². The Balaban J connectivity index is 2.38. The van der Waals surface area contributed by atoms with E-state index < -0.39 is 4.92 Å². The summed E-state index contributed by atoms with van der Waals surface area (Å²) >= 11 is 0. The van der Waals surface area contributed by atoms with Crippen LogP contribution in [0.15, 0.2) is 18.2 Å². The summed E-state index contributed by atoms with van der Waals surface area (Å²) in [6.07, 6.45) is 8.73. The van der Waals surface area contributed by atoms with E-state index in [1.54, 1.807) is 0 Å². The van der Waals surface area contributed by atoms with Crippen LogP contribution < -0.4 is 0 Å². The highest BCUT2D eigenvalue weighted by atomic mass is 16.6. The predicted octanol–water partition coefficient (Wildman–Crippen LogP) is 4.59. The summed E-state index contributed by atoms with van der Waals surface area (Å²) in [5.41, 5.74) is 0.507. The highest BCUT2D eigenvalue weighted by Crippen LogP contribution is 2.28. The van der Waals surface area contributed by atoms with Crippen molar-refractivity contribution in [3.05, 3.63) is 33.9 Å². The molecule has 4 heteroatoms. The molecule has 0 aromatic heterocycles. The first kappa shape index (κ1) is 15.5. The lowest BCUT2D eigenvalue weighted by Gasteiger charge is -2.05. The number of unbranched alkanes of at least 4 members (excludes halogenated alkanes) is 6. The van der Waals surface area contributed by atoms with Crippen molar-refractivity contribution in [2.24, 2.45) is 0 Å². The average molecular weight is 265 g/mol. The summed E-state index contributed by atoms with van der Waals surface area (Å²) in [6, 6.07) is 4.49. The minimum Gasteiger partial charge on any atom is -0.507 e. The van der Waals surface area contributed by atoms with Gasteiger partial charge in [0.2, 0.25) is 0 Å². The molecule has 1 N–H and O–H groups in total. The van der Waals surface area contributed by atoms with E-state index in [9.17, 15) is 15.2 Å².